The highest BCUT2D eigenvalue weighted by Gasteiger charge is 2.14. The third-order valence-corrected chi connectivity index (χ3v) is 5.06. The number of aromatic hydroxyl groups is 1. The number of phenols is 1. The summed E-state index contributed by atoms with van der Waals surface area (Å²) >= 11 is 1.47. The van der Waals surface area contributed by atoms with Gasteiger partial charge in [0.15, 0.2) is 0 Å². The van der Waals surface area contributed by atoms with Gasteiger partial charge in [-0.25, -0.2) is 4.68 Å². The molecule has 0 aliphatic heterocycles. The van der Waals surface area contributed by atoms with Gasteiger partial charge in [0.05, 0.1) is 33.2 Å². The Labute approximate surface area is 173 Å². The Kier molecular flexibility index (Phi) is 6.56. The average molecular weight is 413 g/mol. The minimum Gasteiger partial charge on any atom is -0.507 e. The molecule has 0 aliphatic rings. The van der Waals surface area contributed by atoms with Crippen LogP contribution in [0.15, 0.2) is 51.9 Å². The standard InChI is InChI=1S/C21H23N3O4S/c1-5-22-21-24(23-12-14-10-15(26-2)6-8-19(14)25)18(13-29-21)17-11-16(27-3)7-9-20(17)28-4/h6-13,25H,5H2,1-4H3. The number of thiazole rings is 1. The van der Waals surface area contributed by atoms with Crippen molar-refractivity contribution in [3.63, 3.8) is 0 Å². The number of hydrogen-bond donors (Lipinski definition) is 1. The summed E-state index contributed by atoms with van der Waals surface area (Å²) < 4.78 is 17.9. The minimum atomic E-state index is 0.111. The molecule has 0 saturated heterocycles. The molecular weight excluding hydrogens is 390 g/mol. The summed E-state index contributed by atoms with van der Waals surface area (Å²) in [4.78, 5) is 5.26. The van der Waals surface area contributed by atoms with E-state index >= 15 is 0 Å². The first-order valence-electron chi connectivity index (χ1n) is 8.96. The number of rotatable bonds is 7. The van der Waals surface area contributed by atoms with Crippen LogP contribution < -0.4 is 19.0 Å². The van der Waals surface area contributed by atoms with Gasteiger partial charge in [-0.2, -0.15) is 5.10 Å². The number of hydrogen-bond acceptors (Lipinski definition) is 7. The number of benzene rings is 2. The van der Waals surface area contributed by atoms with Gasteiger partial charge in [0, 0.05) is 23.1 Å². The summed E-state index contributed by atoms with van der Waals surface area (Å²) in [6.07, 6.45) is 1.58. The van der Waals surface area contributed by atoms with Crippen LogP contribution in [-0.2, 0) is 0 Å². The summed E-state index contributed by atoms with van der Waals surface area (Å²) in [6, 6.07) is 10.6. The first-order valence-corrected chi connectivity index (χ1v) is 9.84. The van der Waals surface area contributed by atoms with Gasteiger partial charge >= 0.3 is 0 Å². The first kappa shape index (κ1) is 20.5. The third-order valence-electron chi connectivity index (χ3n) is 4.21. The Morgan fingerprint density at radius 1 is 1.03 bits per heavy atom. The lowest BCUT2D eigenvalue weighted by Gasteiger charge is -2.11. The molecule has 0 aliphatic carbocycles. The maximum absolute atomic E-state index is 10.2. The molecule has 152 valence electrons. The summed E-state index contributed by atoms with van der Waals surface area (Å²) in [7, 11) is 4.82. The molecule has 0 radical (unpaired) electrons. The van der Waals surface area contributed by atoms with E-state index in [9.17, 15) is 5.11 Å². The minimum absolute atomic E-state index is 0.111. The van der Waals surface area contributed by atoms with Crippen LogP contribution in [0.1, 0.15) is 12.5 Å². The molecule has 7 nitrogen and oxygen atoms in total. The topological polar surface area (TPSA) is 77.6 Å². The van der Waals surface area contributed by atoms with Crippen LogP contribution in [0.3, 0.4) is 0 Å². The van der Waals surface area contributed by atoms with Crippen molar-refractivity contribution in [2.24, 2.45) is 10.1 Å². The molecule has 0 fully saturated rings. The number of ether oxygens (including phenoxy) is 3. The van der Waals surface area contributed by atoms with Gasteiger partial charge in [0.2, 0.25) is 4.80 Å². The highest BCUT2D eigenvalue weighted by Crippen LogP contribution is 2.33. The molecule has 1 heterocycles. The van der Waals surface area contributed by atoms with E-state index in [-0.39, 0.29) is 5.75 Å². The monoisotopic (exact) mass is 413 g/mol. The van der Waals surface area contributed by atoms with E-state index in [1.54, 1.807) is 50.4 Å². The Hall–Kier alpha value is -3.26. The predicted molar refractivity (Wildman–Crippen MR) is 115 cm³/mol. The van der Waals surface area contributed by atoms with Crippen LogP contribution in [0.25, 0.3) is 11.3 Å². The number of phenolic OH excluding ortho intramolecular Hbond substituents is 1. The second-order valence-corrected chi connectivity index (χ2v) is 6.76. The van der Waals surface area contributed by atoms with Crippen LogP contribution in [-0.4, -0.2) is 43.9 Å². The average Bonchev–Trinajstić information content (AvgIpc) is 3.15. The second-order valence-electron chi connectivity index (χ2n) is 5.93. The quantitative estimate of drug-likeness (QED) is 0.599. The van der Waals surface area contributed by atoms with Crippen LogP contribution in [0, 0.1) is 0 Å². The number of aromatic nitrogens is 1. The first-order chi connectivity index (χ1) is 14.1. The lowest BCUT2D eigenvalue weighted by atomic mass is 10.1. The van der Waals surface area contributed by atoms with Crippen molar-refractivity contribution in [2.75, 3.05) is 27.9 Å². The molecule has 2 aromatic carbocycles. The predicted octanol–water partition coefficient (Wildman–Crippen LogP) is 3.75. The molecule has 1 N–H and O–H groups in total. The molecule has 1 aromatic heterocycles. The Bertz CT molecular complexity index is 1090. The van der Waals surface area contributed by atoms with E-state index in [4.69, 9.17) is 14.2 Å². The fourth-order valence-electron chi connectivity index (χ4n) is 2.74. The van der Waals surface area contributed by atoms with Crippen LogP contribution in [0.2, 0.25) is 0 Å². The molecule has 0 amide bonds. The lowest BCUT2D eigenvalue weighted by Crippen LogP contribution is -2.12. The van der Waals surface area contributed by atoms with E-state index in [1.165, 1.54) is 11.3 Å². The van der Waals surface area contributed by atoms with Crippen molar-refractivity contribution in [1.29, 1.82) is 0 Å². The fraction of sp³-hybridized carbons (Fsp3) is 0.238. The van der Waals surface area contributed by atoms with Crippen LogP contribution in [0.4, 0.5) is 0 Å². The molecule has 3 aromatic rings. The van der Waals surface area contributed by atoms with E-state index in [0.29, 0.717) is 29.4 Å². The molecule has 0 atom stereocenters. The van der Waals surface area contributed by atoms with E-state index in [2.05, 4.69) is 10.1 Å². The molecule has 0 saturated carbocycles. The molecular formula is C21H23N3O4S. The molecule has 8 heteroatoms. The van der Waals surface area contributed by atoms with Crippen molar-refractivity contribution in [3.05, 3.63) is 52.1 Å². The largest absolute Gasteiger partial charge is 0.507 e. The van der Waals surface area contributed by atoms with E-state index in [1.807, 2.05) is 30.5 Å². The maximum Gasteiger partial charge on any atom is 0.206 e. The van der Waals surface area contributed by atoms with Crippen LogP contribution >= 0.6 is 11.3 Å². The Morgan fingerprint density at radius 3 is 2.45 bits per heavy atom. The SMILES string of the molecule is CCN=c1scc(-c2cc(OC)ccc2OC)n1N=Cc1cc(OC)ccc1O. The second kappa shape index (κ2) is 9.29. The van der Waals surface area contributed by atoms with Crippen molar-refractivity contribution < 1.29 is 19.3 Å². The highest BCUT2D eigenvalue weighted by molar-refractivity contribution is 7.07. The molecule has 0 bridgehead atoms. The summed E-state index contributed by atoms with van der Waals surface area (Å²) in [5, 5.41) is 16.7. The van der Waals surface area contributed by atoms with Gasteiger partial charge in [-0.15, -0.1) is 11.3 Å². The van der Waals surface area contributed by atoms with Gasteiger partial charge in [-0.05, 0) is 43.3 Å². The van der Waals surface area contributed by atoms with Crippen molar-refractivity contribution in [2.45, 2.75) is 6.92 Å². The Balaban J connectivity index is 2.15. The smallest absolute Gasteiger partial charge is 0.206 e. The van der Waals surface area contributed by atoms with Gasteiger partial charge in [0.1, 0.15) is 23.0 Å². The van der Waals surface area contributed by atoms with E-state index in [0.717, 1.165) is 16.1 Å². The molecule has 29 heavy (non-hydrogen) atoms. The fourth-order valence-corrected chi connectivity index (χ4v) is 3.63. The maximum atomic E-state index is 10.2. The van der Waals surface area contributed by atoms with Crippen LogP contribution in [0.5, 0.6) is 23.0 Å². The van der Waals surface area contributed by atoms with Gasteiger partial charge < -0.3 is 19.3 Å². The summed E-state index contributed by atoms with van der Waals surface area (Å²) in [6.45, 7) is 2.59. The molecule has 0 unspecified atom stereocenters. The van der Waals surface area contributed by atoms with Gasteiger partial charge in [0.25, 0.3) is 0 Å². The summed E-state index contributed by atoms with van der Waals surface area (Å²) in [5.74, 6) is 2.15. The summed E-state index contributed by atoms with van der Waals surface area (Å²) in [5.41, 5.74) is 2.17. The highest BCUT2D eigenvalue weighted by atomic mass is 32.1. The zero-order valence-electron chi connectivity index (χ0n) is 16.7. The Morgan fingerprint density at radius 2 is 1.76 bits per heavy atom. The third kappa shape index (κ3) is 4.43. The van der Waals surface area contributed by atoms with Crippen molar-refractivity contribution in [1.82, 2.24) is 4.68 Å². The van der Waals surface area contributed by atoms with E-state index < -0.39 is 0 Å². The van der Waals surface area contributed by atoms with Gasteiger partial charge in [-0.1, -0.05) is 0 Å². The zero-order valence-corrected chi connectivity index (χ0v) is 17.6. The van der Waals surface area contributed by atoms with Crippen molar-refractivity contribution in [3.8, 4) is 34.3 Å². The molecule has 3 rings (SSSR count). The number of nitrogens with zero attached hydrogens (tertiary/aromatic N) is 3. The van der Waals surface area contributed by atoms with Gasteiger partial charge in [-0.3, -0.25) is 4.99 Å². The normalized spacial score (nSPS) is 11.8. The number of methoxy groups -OCH3 is 3. The zero-order chi connectivity index (χ0) is 20.8. The molecule has 0 spiro atoms. The van der Waals surface area contributed by atoms with Crippen molar-refractivity contribution >= 4 is 17.6 Å². The lowest BCUT2D eigenvalue weighted by molar-refractivity contribution is 0.404.